The highest BCUT2D eigenvalue weighted by atomic mass is 35.5. The number of methoxy groups -OCH3 is 2. The molecule has 0 unspecified atom stereocenters. The summed E-state index contributed by atoms with van der Waals surface area (Å²) in [5.41, 5.74) is 1.13. The minimum absolute atomic E-state index is 0.0489. The molecule has 2 N–H and O–H groups in total. The molecule has 0 aliphatic rings. The quantitative estimate of drug-likeness (QED) is 0.704. The largest absolute Gasteiger partial charge is 0.497 e. The number of hydrogen-bond donors (Lipinski definition) is 2. The number of nitrogens with one attached hydrogen (secondary N) is 2. The van der Waals surface area contributed by atoms with Crippen molar-refractivity contribution in [2.45, 2.75) is 13.0 Å². The van der Waals surface area contributed by atoms with Gasteiger partial charge in [0.1, 0.15) is 11.5 Å². The van der Waals surface area contributed by atoms with Crippen LogP contribution >= 0.6 is 11.6 Å². The third kappa shape index (κ3) is 5.87. The summed E-state index contributed by atoms with van der Waals surface area (Å²) < 4.78 is 10.3. The van der Waals surface area contributed by atoms with Gasteiger partial charge in [0.15, 0.2) is 0 Å². The van der Waals surface area contributed by atoms with Crippen LogP contribution in [0.2, 0.25) is 5.02 Å². The predicted octanol–water partition coefficient (Wildman–Crippen LogP) is 3.25. The summed E-state index contributed by atoms with van der Waals surface area (Å²) in [5, 5.41) is 6.05. The zero-order valence-corrected chi connectivity index (χ0v) is 17.0. The van der Waals surface area contributed by atoms with Gasteiger partial charge in [0, 0.05) is 10.7 Å². The standard InChI is InChI=1S/C20H24ClN3O4/c1-13(20(26)23-17-11-14(21)5-10-18(17)28-4)24(2)12-19(25)22-15-6-8-16(27-3)9-7-15/h5-11,13H,12H2,1-4H3,(H,22,25)(H,23,26)/t13-/m1/s1. The van der Waals surface area contributed by atoms with Gasteiger partial charge in [-0.15, -0.1) is 0 Å². The summed E-state index contributed by atoms with van der Waals surface area (Å²) in [7, 11) is 4.79. The molecule has 2 amide bonds. The number of carbonyl (C=O) groups excluding carboxylic acids is 2. The Morgan fingerprint density at radius 3 is 2.36 bits per heavy atom. The van der Waals surface area contributed by atoms with Crippen LogP contribution in [-0.2, 0) is 9.59 Å². The van der Waals surface area contributed by atoms with Crippen LogP contribution < -0.4 is 20.1 Å². The average Bonchev–Trinajstić information content (AvgIpc) is 2.68. The number of hydrogen-bond acceptors (Lipinski definition) is 5. The zero-order chi connectivity index (χ0) is 20.7. The molecule has 7 nitrogen and oxygen atoms in total. The Kier molecular flexibility index (Phi) is 7.66. The fraction of sp³-hybridized carbons (Fsp3) is 0.300. The summed E-state index contributed by atoms with van der Waals surface area (Å²) in [6, 6.07) is 11.4. The van der Waals surface area contributed by atoms with E-state index in [1.165, 1.54) is 7.11 Å². The molecule has 0 bridgehead atoms. The Morgan fingerprint density at radius 2 is 1.75 bits per heavy atom. The molecule has 0 aromatic heterocycles. The maximum atomic E-state index is 12.5. The van der Waals surface area contributed by atoms with Gasteiger partial charge in [0.2, 0.25) is 11.8 Å². The number of benzene rings is 2. The Morgan fingerprint density at radius 1 is 1.07 bits per heavy atom. The van der Waals surface area contributed by atoms with Crippen molar-refractivity contribution in [1.29, 1.82) is 0 Å². The first-order valence-electron chi connectivity index (χ1n) is 8.62. The maximum Gasteiger partial charge on any atom is 0.241 e. The van der Waals surface area contributed by atoms with Crippen molar-refractivity contribution in [3.63, 3.8) is 0 Å². The molecule has 0 fully saturated rings. The molecule has 0 radical (unpaired) electrons. The summed E-state index contributed by atoms with van der Waals surface area (Å²) in [4.78, 5) is 26.4. The van der Waals surface area contributed by atoms with E-state index in [2.05, 4.69) is 10.6 Å². The van der Waals surface area contributed by atoms with Crippen molar-refractivity contribution in [3.8, 4) is 11.5 Å². The fourth-order valence-electron chi connectivity index (χ4n) is 2.45. The molecule has 0 saturated heterocycles. The monoisotopic (exact) mass is 405 g/mol. The van der Waals surface area contributed by atoms with Gasteiger partial charge >= 0.3 is 0 Å². The smallest absolute Gasteiger partial charge is 0.241 e. The van der Waals surface area contributed by atoms with Crippen molar-refractivity contribution < 1.29 is 19.1 Å². The molecule has 0 aliphatic carbocycles. The first kappa shape index (κ1) is 21.5. The number of carbonyl (C=O) groups is 2. The molecular weight excluding hydrogens is 382 g/mol. The number of likely N-dealkylation sites (N-methyl/N-ethyl adjacent to an activating group) is 1. The van der Waals surface area contributed by atoms with E-state index in [-0.39, 0.29) is 18.4 Å². The second-order valence-electron chi connectivity index (χ2n) is 6.20. The molecule has 2 aromatic carbocycles. The van der Waals surface area contributed by atoms with Crippen LogP contribution in [-0.4, -0.2) is 50.6 Å². The van der Waals surface area contributed by atoms with E-state index in [1.54, 1.807) is 68.4 Å². The highest BCUT2D eigenvalue weighted by Gasteiger charge is 2.21. The minimum Gasteiger partial charge on any atom is -0.497 e. The predicted molar refractivity (Wildman–Crippen MR) is 110 cm³/mol. The highest BCUT2D eigenvalue weighted by Crippen LogP contribution is 2.27. The lowest BCUT2D eigenvalue weighted by atomic mass is 10.2. The molecule has 0 aliphatic heterocycles. The number of rotatable bonds is 8. The third-order valence-corrected chi connectivity index (χ3v) is 4.46. The van der Waals surface area contributed by atoms with Crippen LogP contribution in [0.3, 0.4) is 0 Å². The summed E-state index contributed by atoms with van der Waals surface area (Å²) in [6.07, 6.45) is 0. The second kappa shape index (κ2) is 9.96. The first-order chi connectivity index (χ1) is 13.3. The first-order valence-corrected chi connectivity index (χ1v) is 9.00. The van der Waals surface area contributed by atoms with E-state index in [1.807, 2.05) is 0 Å². The molecule has 0 spiro atoms. The lowest BCUT2D eigenvalue weighted by Gasteiger charge is -2.23. The van der Waals surface area contributed by atoms with E-state index in [0.717, 1.165) is 0 Å². The Balaban J connectivity index is 1.93. The normalized spacial score (nSPS) is 11.6. The Bertz CT molecular complexity index is 827. The summed E-state index contributed by atoms with van der Waals surface area (Å²) >= 11 is 5.99. The number of anilines is 2. The summed E-state index contributed by atoms with van der Waals surface area (Å²) in [6.45, 7) is 1.76. The van der Waals surface area contributed by atoms with Crippen molar-refractivity contribution in [2.75, 3.05) is 38.4 Å². The topological polar surface area (TPSA) is 79.9 Å². The maximum absolute atomic E-state index is 12.5. The van der Waals surface area contributed by atoms with E-state index in [0.29, 0.717) is 27.9 Å². The number of amides is 2. The molecule has 28 heavy (non-hydrogen) atoms. The van der Waals surface area contributed by atoms with Crippen LogP contribution in [0.15, 0.2) is 42.5 Å². The summed E-state index contributed by atoms with van der Waals surface area (Å²) in [5.74, 6) is 0.703. The Hall–Kier alpha value is -2.77. The lowest BCUT2D eigenvalue weighted by Crippen LogP contribution is -2.43. The van der Waals surface area contributed by atoms with Gasteiger partial charge in [-0.3, -0.25) is 14.5 Å². The van der Waals surface area contributed by atoms with Gasteiger partial charge < -0.3 is 20.1 Å². The van der Waals surface area contributed by atoms with E-state index in [4.69, 9.17) is 21.1 Å². The number of halogens is 1. The molecular formula is C20H24ClN3O4. The van der Waals surface area contributed by atoms with Crippen molar-refractivity contribution in [1.82, 2.24) is 4.90 Å². The molecule has 8 heteroatoms. The Labute approximate surface area is 169 Å². The van der Waals surface area contributed by atoms with Crippen molar-refractivity contribution in [3.05, 3.63) is 47.5 Å². The van der Waals surface area contributed by atoms with E-state index >= 15 is 0 Å². The highest BCUT2D eigenvalue weighted by molar-refractivity contribution is 6.31. The van der Waals surface area contributed by atoms with E-state index < -0.39 is 6.04 Å². The zero-order valence-electron chi connectivity index (χ0n) is 16.3. The van der Waals surface area contributed by atoms with Gasteiger partial charge in [-0.25, -0.2) is 0 Å². The lowest BCUT2D eigenvalue weighted by molar-refractivity contribution is -0.122. The van der Waals surface area contributed by atoms with Crippen LogP contribution in [0.1, 0.15) is 6.92 Å². The van der Waals surface area contributed by atoms with Gasteiger partial charge in [0.05, 0.1) is 32.5 Å². The average molecular weight is 406 g/mol. The molecule has 150 valence electrons. The molecule has 1 atom stereocenters. The molecule has 0 saturated carbocycles. The van der Waals surface area contributed by atoms with Gasteiger partial charge in [0.25, 0.3) is 0 Å². The number of nitrogens with zero attached hydrogens (tertiary/aromatic N) is 1. The van der Waals surface area contributed by atoms with Crippen molar-refractivity contribution in [2.24, 2.45) is 0 Å². The van der Waals surface area contributed by atoms with Crippen LogP contribution in [0.25, 0.3) is 0 Å². The molecule has 2 rings (SSSR count). The van der Waals surface area contributed by atoms with Gasteiger partial charge in [-0.2, -0.15) is 0 Å². The molecule has 2 aromatic rings. The van der Waals surface area contributed by atoms with Gasteiger partial charge in [-0.1, -0.05) is 11.6 Å². The van der Waals surface area contributed by atoms with E-state index in [9.17, 15) is 9.59 Å². The number of ether oxygens (including phenoxy) is 2. The van der Waals surface area contributed by atoms with Crippen molar-refractivity contribution >= 4 is 34.8 Å². The fourth-order valence-corrected chi connectivity index (χ4v) is 2.63. The second-order valence-corrected chi connectivity index (χ2v) is 6.64. The van der Waals surface area contributed by atoms with Crippen LogP contribution in [0.5, 0.6) is 11.5 Å². The van der Waals surface area contributed by atoms with Crippen LogP contribution in [0, 0.1) is 0 Å². The molecule has 0 heterocycles. The SMILES string of the molecule is COc1ccc(NC(=O)CN(C)[C@H](C)C(=O)Nc2cc(Cl)ccc2OC)cc1. The minimum atomic E-state index is -0.551. The third-order valence-electron chi connectivity index (χ3n) is 4.23. The van der Waals surface area contributed by atoms with Crippen LogP contribution in [0.4, 0.5) is 11.4 Å². The van der Waals surface area contributed by atoms with Gasteiger partial charge in [-0.05, 0) is 56.4 Å².